The van der Waals surface area contributed by atoms with Crippen LogP contribution in [0.25, 0.3) is 0 Å². The van der Waals surface area contributed by atoms with Gasteiger partial charge in [-0.2, -0.15) is 0 Å². The van der Waals surface area contributed by atoms with Crippen LogP contribution in [-0.4, -0.2) is 41.5 Å². The number of rotatable bonds is 6. The third-order valence-corrected chi connectivity index (χ3v) is 3.27. The zero-order valence-corrected chi connectivity index (χ0v) is 11.5. The van der Waals surface area contributed by atoms with Gasteiger partial charge in [0.15, 0.2) is 0 Å². The van der Waals surface area contributed by atoms with Crippen molar-refractivity contribution in [1.82, 2.24) is 9.47 Å². The smallest absolute Gasteiger partial charge is 0.325 e. The number of amides is 1. The average Bonchev–Trinajstić information content (AvgIpc) is 3.14. The SMILES string of the molecule is CCCN(CC(=O)OC)C(=O)c1cccn1C1CC1. The number of methoxy groups -OCH3 is 1. The van der Waals surface area contributed by atoms with E-state index in [4.69, 9.17) is 0 Å². The molecule has 0 spiro atoms. The third kappa shape index (κ3) is 3.16. The molecule has 19 heavy (non-hydrogen) atoms. The Labute approximate surface area is 113 Å². The van der Waals surface area contributed by atoms with Crippen LogP contribution in [0.3, 0.4) is 0 Å². The van der Waals surface area contributed by atoms with Crippen LogP contribution in [0.2, 0.25) is 0 Å². The molecule has 1 aromatic heterocycles. The predicted octanol–water partition coefficient (Wildman–Crippen LogP) is 1.85. The van der Waals surface area contributed by atoms with Crippen LogP contribution in [0.1, 0.15) is 42.7 Å². The van der Waals surface area contributed by atoms with Crippen molar-refractivity contribution in [3.8, 4) is 0 Å². The Bertz CT molecular complexity index is 463. The summed E-state index contributed by atoms with van der Waals surface area (Å²) >= 11 is 0. The molecule has 1 aliphatic rings. The van der Waals surface area contributed by atoms with E-state index in [0.717, 1.165) is 19.3 Å². The van der Waals surface area contributed by atoms with Gasteiger partial charge in [0.05, 0.1) is 7.11 Å². The first-order chi connectivity index (χ1) is 9.17. The summed E-state index contributed by atoms with van der Waals surface area (Å²) in [6, 6.07) is 4.16. The first kappa shape index (κ1) is 13.6. The summed E-state index contributed by atoms with van der Waals surface area (Å²) in [7, 11) is 1.34. The highest BCUT2D eigenvalue weighted by Gasteiger charge is 2.28. The van der Waals surface area contributed by atoms with Crippen LogP contribution in [-0.2, 0) is 9.53 Å². The van der Waals surface area contributed by atoms with Gasteiger partial charge in [-0.1, -0.05) is 6.92 Å². The lowest BCUT2D eigenvalue weighted by Gasteiger charge is -2.21. The molecule has 0 saturated heterocycles. The largest absolute Gasteiger partial charge is 0.468 e. The quantitative estimate of drug-likeness (QED) is 0.737. The number of ether oxygens (including phenoxy) is 1. The highest BCUT2D eigenvalue weighted by molar-refractivity contribution is 5.94. The van der Waals surface area contributed by atoms with E-state index in [2.05, 4.69) is 4.74 Å². The molecule has 1 heterocycles. The molecule has 0 radical (unpaired) electrons. The number of carbonyl (C=O) groups excluding carboxylic acids is 2. The van der Waals surface area contributed by atoms with Gasteiger partial charge in [0, 0.05) is 18.8 Å². The molecule has 0 aliphatic heterocycles. The summed E-state index contributed by atoms with van der Waals surface area (Å²) in [5.74, 6) is -0.476. The van der Waals surface area contributed by atoms with Crippen LogP contribution in [0.15, 0.2) is 18.3 Å². The van der Waals surface area contributed by atoms with Crippen LogP contribution in [0.5, 0.6) is 0 Å². The van der Waals surface area contributed by atoms with Crippen LogP contribution < -0.4 is 0 Å². The fraction of sp³-hybridized carbons (Fsp3) is 0.571. The fourth-order valence-electron chi connectivity index (χ4n) is 2.15. The maximum absolute atomic E-state index is 12.5. The van der Waals surface area contributed by atoms with Gasteiger partial charge >= 0.3 is 5.97 Å². The van der Waals surface area contributed by atoms with E-state index in [1.807, 2.05) is 29.8 Å². The molecule has 104 valence electrons. The Hall–Kier alpha value is -1.78. The van der Waals surface area contributed by atoms with Gasteiger partial charge in [0.1, 0.15) is 12.2 Å². The van der Waals surface area contributed by atoms with Gasteiger partial charge in [0.25, 0.3) is 5.91 Å². The van der Waals surface area contributed by atoms with E-state index in [1.54, 1.807) is 4.90 Å². The number of hydrogen-bond donors (Lipinski definition) is 0. The van der Waals surface area contributed by atoms with Crippen molar-refractivity contribution in [2.24, 2.45) is 0 Å². The molecule has 1 amide bonds. The molecule has 0 atom stereocenters. The number of aromatic nitrogens is 1. The topological polar surface area (TPSA) is 51.5 Å². The highest BCUT2D eigenvalue weighted by Crippen LogP contribution is 2.36. The maximum atomic E-state index is 12.5. The monoisotopic (exact) mass is 264 g/mol. The zero-order chi connectivity index (χ0) is 13.8. The van der Waals surface area contributed by atoms with Crippen molar-refractivity contribution in [1.29, 1.82) is 0 Å². The Morgan fingerprint density at radius 2 is 2.21 bits per heavy atom. The lowest BCUT2D eigenvalue weighted by Crippen LogP contribution is -2.37. The molecule has 1 aliphatic carbocycles. The second-order valence-corrected chi connectivity index (χ2v) is 4.83. The zero-order valence-electron chi connectivity index (χ0n) is 11.5. The molecule has 5 heteroatoms. The van der Waals surface area contributed by atoms with E-state index in [1.165, 1.54) is 7.11 Å². The van der Waals surface area contributed by atoms with Gasteiger partial charge < -0.3 is 14.2 Å². The second kappa shape index (κ2) is 5.91. The standard InChI is InChI=1S/C14H20N2O3/c1-3-8-15(10-13(17)19-2)14(18)12-5-4-9-16(12)11-6-7-11/h4-5,9,11H,3,6-8,10H2,1-2H3. The summed E-state index contributed by atoms with van der Waals surface area (Å²) in [6.45, 7) is 2.56. The summed E-state index contributed by atoms with van der Waals surface area (Å²) < 4.78 is 6.66. The minimum atomic E-state index is -0.383. The highest BCUT2D eigenvalue weighted by atomic mass is 16.5. The van der Waals surface area contributed by atoms with E-state index in [0.29, 0.717) is 18.3 Å². The minimum absolute atomic E-state index is 0.0129. The molecule has 1 fully saturated rings. The molecule has 5 nitrogen and oxygen atoms in total. The summed E-state index contributed by atoms with van der Waals surface area (Å²) in [5.41, 5.74) is 0.667. The predicted molar refractivity (Wildman–Crippen MR) is 70.9 cm³/mol. The van der Waals surface area contributed by atoms with Gasteiger partial charge in [0.2, 0.25) is 0 Å². The molecule has 1 saturated carbocycles. The molecule has 0 aromatic carbocycles. The Balaban J connectivity index is 2.13. The van der Waals surface area contributed by atoms with Crippen molar-refractivity contribution in [3.63, 3.8) is 0 Å². The molecule has 2 rings (SSSR count). The van der Waals surface area contributed by atoms with Crippen molar-refractivity contribution in [2.45, 2.75) is 32.2 Å². The second-order valence-electron chi connectivity index (χ2n) is 4.83. The molecule has 0 bridgehead atoms. The van der Waals surface area contributed by atoms with Crippen LogP contribution in [0, 0.1) is 0 Å². The summed E-state index contributed by atoms with van der Waals surface area (Å²) in [4.78, 5) is 25.4. The van der Waals surface area contributed by atoms with Gasteiger partial charge in [-0.25, -0.2) is 0 Å². The minimum Gasteiger partial charge on any atom is -0.468 e. The lowest BCUT2D eigenvalue weighted by atomic mass is 10.3. The summed E-state index contributed by atoms with van der Waals surface area (Å²) in [6.07, 6.45) is 5.00. The first-order valence-electron chi connectivity index (χ1n) is 6.70. The van der Waals surface area contributed by atoms with Crippen LogP contribution >= 0.6 is 0 Å². The number of carbonyl (C=O) groups is 2. The third-order valence-electron chi connectivity index (χ3n) is 3.27. The Kier molecular flexibility index (Phi) is 4.24. The van der Waals surface area contributed by atoms with Gasteiger partial charge in [-0.15, -0.1) is 0 Å². The Morgan fingerprint density at radius 1 is 1.47 bits per heavy atom. The first-order valence-corrected chi connectivity index (χ1v) is 6.70. The molecule has 0 N–H and O–H groups in total. The van der Waals surface area contributed by atoms with E-state index < -0.39 is 0 Å². The Morgan fingerprint density at radius 3 is 2.79 bits per heavy atom. The summed E-state index contributed by atoms with van der Waals surface area (Å²) in [5, 5.41) is 0. The van der Waals surface area contributed by atoms with E-state index >= 15 is 0 Å². The van der Waals surface area contributed by atoms with Gasteiger partial charge in [-0.3, -0.25) is 9.59 Å². The van der Waals surface area contributed by atoms with Crippen molar-refractivity contribution in [2.75, 3.05) is 20.2 Å². The van der Waals surface area contributed by atoms with Crippen molar-refractivity contribution >= 4 is 11.9 Å². The van der Waals surface area contributed by atoms with Gasteiger partial charge in [-0.05, 0) is 31.4 Å². The fourth-order valence-corrected chi connectivity index (χ4v) is 2.15. The average molecular weight is 264 g/mol. The maximum Gasteiger partial charge on any atom is 0.325 e. The van der Waals surface area contributed by atoms with Crippen molar-refractivity contribution < 1.29 is 14.3 Å². The van der Waals surface area contributed by atoms with E-state index in [-0.39, 0.29) is 18.4 Å². The van der Waals surface area contributed by atoms with E-state index in [9.17, 15) is 9.59 Å². The molecule has 1 aromatic rings. The molecule has 0 unspecified atom stereocenters. The number of hydrogen-bond acceptors (Lipinski definition) is 3. The molecular weight excluding hydrogens is 244 g/mol. The molecular formula is C14H20N2O3. The normalized spacial score (nSPS) is 14.2. The van der Waals surface area contributed by atoms with Crippen LogP contribution in [0.4, 0.5) is 0 Å². The number of esters is 1. The lowest BCUT2D eigenvalue weighted by molar-refractivity contribution is -0.141. The number of nitrogens with zero attached hydrogens (tertiary/aromatic N) is 2. The van der Waals surface area contributed by atoms with Crippen molar-refractivity contribution in [3.05, 3.63) is 24.0 Å².